The lowest BCUT2D eigenvalue weighted by molar-refractivity contribution is 0.324. The third-order valence-corrected chi connectivity index (χ3v) is 4.20. The Kier molecular flexibility index (Phi) is 5.20. The van der Waals surface area contributed by atoms with E-state index in [1.807, 2.05) is 6.07 Å². The van der Waals surface area contributed by atoms with Crippen molar-refractivity contribution in [2.24, 2.45) is 0 Å². The minimum absolute atomic E-state index is 0.297. The van der Waals surface area contributed by atoms with E-state index in [-0.39, 0.29) is 5.82 Å². The summed E-state index contributed by atoms with van der Waals surface area (Å²) in [7, 11) is 0. The molecule has 23 heavy (non-hydrogen) atoms. The van der Waals surface area contributed by atoms with Crippen LogP contribution in [0.4, 0.5) is 10.1 Å². The van der Waals surface area contributed by atoms with Gasteiger partial charge in [0.05, 0.1) is 5.69 Å². The first-order valence-corrected chi connectivity index (χ1v) is 8.20. The molecule has 0 bridgehead atoms. The van der Waals surface area contributed by atoms with Crippen LogP contribution in [0.1, 0.15) is 12.0 Å². The monoisotopic (exact) mass is 329 g/mol. The predicted molar refractivity (Wildman–Crippen MR) is 95.9 cm³/mol. The van der Waals surface area contributed by atoms with Gasteiger partial charge in [0.2, 0.25) is 0 Å². The van der Waals surface area contributed by atoms with E-state index >= 15 is 0 Å². The molecule has 1 aliphatic heterocycles. The van der Waals surface area contributed by atoms with Gasteiger partial charge in [-0.05, 0) is 36.3 Å². The number of nitrogens with one attached hydrogen (secondary N) is 2. The smallest absolute Gasteiger partial charge is 0.171 e. The summed E-state index contributed by atoms with van der Waals surface area (Å²) in [5.41, 5.74) is 1.73. The summed E-state index contributed by atoms with van der Waals surface area (Å²) in [6.45, 7) is 2.93. The van der Waals surface area contributed by atoms with Gasteiger partial charge in [-0.3, -0.25) is 4.90 Å². The average molecular weight is 329 g/mol. The van der Waals surface area contributed by atoms with Crippen molar-refractivity contribution in [3.05, 3.63) is 66.0 Å². The quantitative estimate of drug-likeness (QED) is 0.841. The van der Waals surface area contributed by atoms with Gasteiger partial charge in [-0.15, -0.1) is 0 Å². The fourth-order valence-electron chi connectivity index (χ4n) is 2.84. The van der Waals surface area contributed by atoms with Gasteiger partial charge < -0.3 is 10.6 Å². The normalized spacial score (nSPS) is 17.9. The molecule has 0 amide bonds. The van der Waals surface area contributed by atoms with Crippen molar-refractivity contribution in [2.45, 2.75) is 19.0 Å². The first-order valence-electron chi connectivity index (χ1n) is 7.79. The highest BCUT2D eigenvalue weighted by molar-refractivity contribution is 7.80. The maximum atomic E-state index is 13.6. The molecule has 3 rings (SSSR count). The molecule has 120 valence electrons. The lowest BCUT2D eigenvalue weighted by Gasteiger charge is -2.18. The topological polar surface area (TPSA) is 27.3 Å². The third-order valence-electron chi connectivity index (χ3n) is 3.98. The predicted octanol–water partition coefficient (Wildman–Crippen LogP) is 3.39. The van der Waals surface area contributed by atoms with Crippen LogP contribution in [0, 0.1) is 5.82 Å². The number of hydrogen-bond donors (Lipinski definition) is 2. The van der Waals surface area contributed by atoms with E-state index in [9.17, 15) is 4.39 Å². The van der Waals surface area contributed by atoms with Gasteiger partial charge in [-0.2, -0.15) is 0 Å². The second-order valence-electron chi connectivity index (χ2n) is 5.78. The Labute approximate surface area is 141 Å². The molecule has 1 aliphatic rings. The molecular formula is C18H20FN3S. The molecule has 1 saturated heterocycles. The Morgan fingerprint density at radius 1 is 1.13 bits per heavy atom. The number of nitrogens with zero attached hydrogens (tertiary/aromatic N) is 1. The van der Waals surface area contributed by atoms with Crippen LogP contribution in [0.3, 0.4) is 0 Å². The molecule has 0 radical (unpaired) electrons. The second kappa shape index (κ2) is 7.53. The lowest BCUT2D eigenvalue weighted by atomic mass is 10.2. The highest BCUT2D eigenvalue weighted by Gasteiger charge is 2.23. The maximum Gasteiger partial charge on any atom is 0.171 e. The van der Waals surface area contributed by atoms with E-state index in [0.717, 1.165) is 26.1 Å². The molecule has 3 nitrogen and oxygen atoms in total. The van der Waals surface area contributed by atoms with Gasteiger partial charge in [-0.1, -0.05) is 42.5 Å². The summed E-state index contributed by atoms with van der Waals surface area (Å²) < 4.78 is 13.6. The summed E-state index contributed by atoms with van der Waals surface area (Å²) in [6, 6.07) is 17.3. The number of anilines is 1. The van der Waals surface area contributed by atoms with Gasteiger partial charge >= 0.3 is 0 Å². The molecule has 1 fully saturated rings. The van der Waals surface area contributed by atoms with E-state index in [1.165, 1.54) is 11.6 Å². The number of halogens is 1. The zero-order valence-electron chi connectivity index (χ0n) is 12.8. The standard InChI is InChI=1S/C18H20FN3S/c19-16-8-4-5-9-17(16)21-18(23)20-15-10-11-22(13-15)12-14-6-2-1-3-7-14/h1-9,15H,10-13H2,(H2,20,21,23). The van der Waals surface area contributed by atoms with E-state index in [4.69, 9.17) is 12.2 Å². The maximum absolute atomic E-state index is 13.6. The SMILES string of the molecule is Fc1ccccc1NC(=S)NC1CCN(Cc2ccccc2)C1. The molecule has 1 atom stereocenters. The fourth-order valence-corrected chi connectivity index (χ4v) is 3.12. The molecular weight excluding hydrogens is 309 g/mol. The molecule has 0 saturated carbocycles. The molecule has 0 aromatic heterocycles. The third kappa shape index (κ3) is 4.50. The summed E-state index contributed by atoms with van der Waals surface area (Å²) >= 11 is 5.29. The highest BCUT2D eigenvalue weighted by Crippen LogP contribution is 2.15. The fraction of sp³-hybridized carbons (Fsp3) is 0.278. The van der Waals surface area contributed by atoms with Crippen molar-refractivity contribution in [1.29, 1.82) is 0 Å². The molecule has 5 heteroatoms. The van der Waals surface area contributed by atoms with Crippen molar-refractivity contribution < 1.29 is 4.39 Å². The van der Waals surface area contributed by atoms with Crippen molar-refractivity contribution in [2.75, 3.05) is 18.4 Å². The number of hydrogen-bond acceptors (Lipinski definition) is 2. The van der Waals surface area contributed by atoms with Crippen LogP contribution < -0.4 is 10.6 Å². The van der Waals surface area contributed by atoms with Gasteiger partial charge in [-0.25, -0.2) is 4.39 Å². The Morgan fingerprint density at radius 2 is 1.87 bits per heavy atom. The zero-order valence-corrected chi connectivity index (χ0v) is 13.7. The summed E-state index contributed by atoms with van der Waals surface area (Å²) in [4.78, 5) is 2.40. The van der Waals surface area contributed by atoms with Gasteiger partial charge in [0, 0.05) is 25.7 Å². The summed E-state index contributed by atoms with van der Waals surface area (Å²) in [6.07, 6.45) is 1.03. The molecule has 2 aromatic carbocycles. The van der Waals surface area contributed by atoms with E-state index < -0.39 is 0 Å². The minimum Gasteiger partial charge on any atom is -0.358 e. The summed E-state index contributed by atoms with van der Waals surface area (Å²) in [5.74, 6) is -0.297. The average Bonchev–Trinajstić information content (AvgIpc) is 2.97. The van der Waals surface area contributed by atoms with Crippen molar-refractivity contribution in [3.63, 3.8) is 0 Å². The second-order valence-corrected chi connectivity index (χ2v) is 6.19. The van der Waals surface area contributed by atoms with Crippen LogP contribution in [0.15, 0.2) is 54.6 Å². The number of thiocarbonyl (C=S) groups is 1. The first-order chi connectivity index (χ1) is 11.2. The van der Waals surface area contributed by atoms with E-state index in [1.54, 1.807) is 18.2 Å². The largest absolute Gasteiger partial charge is 0.358 e. The Bertz CT molecular complexity index is 662. The van der Waals surface area contributed by atoms with Crippen LogP contribution in [-0.2, 0) is 6.54 Å². The van der Waals surface area contributed by atoms with Crippen LogP contribution in [0.5, 0.6) is 0 Å². The van der Waals surface area contributed by atoms with Crippen LogP contribution in [0.25, 0.3) is 0 Å². The van der Waals surface area contributed by atoms with Gasteiger partial charge in [0.15, 0.2) is 5.11 Å². The van der Waals surface area contributed by atoms with E-state index in [0.29, 0.717) is 16.8 Å². The number of para-hydroxylation sites is 1. The van der Waals surface area contributed by atoms with Crippen LogP contribution >= 0.6 is 12.2 Å². The minimum atomic E-state index is -0.297. The van der Waals surface area contributed by atoms with Crippen molar-refractivity contribution >= 4 is 23.0 Å². The lowest BCUT2D eigenvalue weighted by Crippen LogP contribution is -2.39. The Balaban J connectivity index is 1.48. The Morgan fingerprint density at radius 3 is 2.65 bits per heavy atom. The number of benzene rings is 2. The van der Waals surface area contributed by atoms with Crippen molar-refractivity contribution in [1.82, 2.24) is 10.2 Å². The van der Waals surface area contributed by atoms with Crippen LogP contribution in [-0.4, -0.2) is 29.1 Å². The molecule has 1 heterocycles. The number of rotatable bonds is 4. The van der Waals surface area contributed by atoms with Crippen LogP contribution in [0.2, 0.25) is 0 Å². The molecule has 2 N–H and O–H groups in total. The van der Waals surface area contributed by atoms with Gasteiger partial charge in [0.25, 0.3) is 0 Å². The van der Waals surface area contributed by atoms with E-state index in [2.05, 4.69) is 39.8 Å². The number of likely N-dealkylation sites (tertiary alicyclic amines) is 1. The summed E-state index contributed by atoms with van der Waals surface area (Å²) in [5, 5.41) is 6.68. The Hall–Kier alpha value is -1.98. The van der Waals surface area contributed by atoms with Gasteiger partial charge in [0.1, 0.15) is 5.82 Å². The zero-order chi connectivity index (χ0) is 16.1. The van der Waals surface area contributed by atoms with Crippen molar-refractivity contribution in [3.8, 4) is 0 Å². The molecule has 0 aliphatic carbocycles. The first kappa shape index (κ1) is 15.9. The highest BCUT2D eigenvalue weighted by atomic mass is 32.1. The molecule has 1 unspecified atom stereocenters. The molecule has 0 spiro atoms. The molecule has 2 aromatic rings.